The Morgan fingerprint density at radius 3 is 2.59 bits per heavy atom. The number of carbonyl (C=O) groups is 1. The zero-order valence-electron chi connectivity index (χ0n) is 13.8. The van der Waals surface area contributed by atoms with Crippen LogP contribution in [0.3, 0.4) is 0 Å². The van der Waals surface area contributed by atoms with Crippen molar-refractivity contribution in [3.63, 3.8) is 0 Å². The van der Waals surface area contributed by atoms with E-state index in [2.05, 4.69) is 19.1 Å². The number of fused-ring (bicyclic) bond motifs is 1. The Morgan fingerprint density at radius 2 is 1.86 bits per heavy atom. The molecule has 2 aliphatic rings. The molecule has 1 aliphatic carbocycles. The van der Waals surface area contributed by atoms with Crippen LogP contribution in [0.5, 0.6) is 5.75 Å². The van der Waals surface area contributed by atoms with Crippen molar-refractivity contribution in [1.29, 1.82) is 0 Å². The number of hydrogen-bond acceptors (Lipinski definition) is 2. The lowest BCUT2D eigenvalue weighted by Crippen LogP contribution is -2.44. The van der Waals surface area contributed by atoms with E-state index in [-0.39, 0.29) is 5.91 Å². The Bertz CT molecular complexity index is 532. The highest BCUT2D eigenvalue weighted by Crippen LogP contribution is 2.26. The van der Waals surface area contributed by atoms with E-state index in [0.717, 1.165) is 44.0 Å². The molecule has 1 aliphatic heterocycles. The minimum Gasteiger partial charge on any atom is -0.481 e. The van der Waals surface area contributed by atoms with Gasteiger partial charge in [-0.15, -0.1) is 0 Å². The molecule has 1 fully saturated rings. The molecule has 0 saturated carbocycles. The number of aryl methyl sites for hydroxylation is 2. The maximum absolute atomic E-state index is 12.5. The number of nitrogens with zero attached hydrogens (tertiary/aromatic N) is 1. The molecule has 1 aromatic carbocycles. The largest absolute Gasteiger partial charge is 0.481 e. The summed E-state index contributed by atoms with van der Waals surface area (Å²) in [6, 6.07) is 6.33. The second-order valence-electron chi connectivity index (χ2n) is 6.91. The van der Waals surface area contributed by atoms with Crippen molar-refractivity contribution in [2.45, 2.75) is 58.5 Å². The third-order valence-electron chi connectivity index (χ3n) is 5.08. The van der Waals surface area contributed by atoms with E-state index in [4.69, 9.17) is 4.74 Å². The number of amides is 1. The second-order valence-corrected chi connectivity index (χ2v) is 6.91. The van der Waals surface area contributed by atoms with Gasteiger partial charge < -0.3 is 9.64 Å². The average molecular weight is 301 g/mol. The maximum Gasteiger partial charge on any atom is 0.263 e. The van der Waals surface area contributed by atoms with Gasteiger partial charge in [0.05, 0.1) is 0 Å². The first-order valence-corrected chi connectivity index (χ1v) is 8.71. The summed E-state index contributed by atoms with van der Waals surface area (Å²) in [6.07, 6.45) is 6.69. The van der Waals surface area contributed by atoms with Crippen LogP contribution in [0.1, 0.15) is 50.7 Å². The van der Waals surface area contributed by atoms with Gasteiger partial charge in [-0.2, -0.15) is 0 Å². The highest BCUT2D eigenvalue weighted by atomic mass is 16.5. The Hall–Kier alpha value is -1.51. The van der Waals surface area contributed by atoms with Crippen molar-refractivity contribution in [3.05, 3.63) is 29.3 Å². The lowest BCUT2D eigenvalue weighted by atomic mass is 9.92. The summed E-state index contributed by atoms with van der Waals surface area (Å²) in [5, 5.41) is 0. The number of carbonyl (C=O) groups excluding carboxylic acids is 1. The fourth-order valence-electron chi connectivity index (χ4n) is 3.52. The van der Waals surface area contributed by atoms with Gasteiger partial charge >= 0.3 is 0 Å². The van der Waals surface area contributed by atoms with Crippen LogP contribution in [-0.2, 0) is 17.6 Å². The zero-order valence-corrected chi connectivity index (χ0v) is 13.8. The van der Waals surface area contributed by atoms with Crippen molar-refractivity contribution >= 4 is 5.91 Å². The molecule has 0 spiro atoms. The highest BCUT2D eigenvalue weighted by Gasteiger charge is 2.25. The van der Waals surface area contributed by atoms with Gasteiger partial charge in [0.2, 0.25) is 0 Å². The number of likely N-dealkylation sites (tertiary alicyclic amines) is 1. The SMILES string of the molecule is CC1CCN(C(=O)C(C)Oc2ccc3c(c2)CCCC3)CC1. The van der Waals surface area contributed by atoms with Gasteiger partial charge in [-0.25, -0.2) is 0 Å². The highest BCUT2D eigenvalue weighted by molar-refractivity contribution is 5.81. The van der Waals surface area contributed by atoms with Crippen LogP contribution in [0.2, 0.25) is 0 Å². The van der Waals surface area contributed by atoms with Gasteiger partial charge in [0.15, 0.2) is 6.10 Å². The standard InChI is InChI=1S/C19H27NO2/c1-14-9-11-20(12-10-14)19(21)15(2)22-18-8-7-16-5-3-4-6-17(16)13-18/h7-8,13-15H,3-6,9-12H2,1-2H3. The minimum atomic E-state index is -0.393. The second kappa shape index (κ2) is 6.72. The molecule has 1 atom stereocenters. The quantitative estimate of drug-likeness (QED) is 0.854. The van der Waals surface area contributed by atoms with Crippen molar-refractivity contribution in [3.8, 4) is 5.75 Å². The molecule has 0 radical (unpaired) electrons. The van der Waals surface area contributed by atoms with Gasteiger partial charge in [0.1, 0.15) is 5.75 Å². The van der Waals surface area contributed by atoms with E-state index in [9.17, 15) is 4.79 Å². The van der Waals surface area contributed by atoms with E-state index < -0.39 is 6.10 Å². The molecule has 1 heterocycles. The Balaban J connectivity index is 1.61. The van der Waals surface area contributed by atoms with Crippen LogP contribution < -0.4 is 4.74 Å². The third kappa shape index (κ3) is 3.45. The molecule has 22 heavy (non-hydrogen) atoms. The van der Waals surface area contributed by atoms with Gasteiger partial charge in [0.25, 0.3) is 5.91 Å². The normalized spacial score (nSPS) is 20.4. The summed E-state index contributed by atoms with van der Waals surface area (Å²) < 4.78 is 5.93. The van der Waals surface area contributed by atoms with Crippen LogP contribution in [0.25, 0.3) is 0 Å². The van der Waals surface area contributed by atoms with Gasteiger partial charge in [-0.3, -0.25) is 4.79 Å². The van der Waals surface area contributed by atoms with Gasteiger partial charge in [-0.1, -0.05) is 13.0 Å². The molecule has 120 valence electrons. The number of ether oxygens (including phenoxy) is 1. The van der Waals surface area contributed by atoms with Crippen molar-refractivity contribution in [2.75, 3.05) is 13.1 Å². The molecule has 1 amide bonds. The lowest BCUT2D eigenvalue weighted by Gasteiger charge is -2.32. The molecular formula is C19H27NO2. The van der Waals surface area contributed by atoms with Crippen LogP contribution in [0.15, 0.2) is 18.2 Å². The molecule has 1 unspecified atom stereocenters. The molecule has 3 rings (SSSR count). The summed E-state index contributed by atoms with van der Waals surface area (Å²) >= 11 is 0. The Morgan fingerprint density at radius 1 is 1.18 bits per heavy atom. The summed E-state index contributed by atoms with van der Waals surface area (Å²) in [5.41, 5.74) is 2.85. The third-order valence-corrected chi connectivity index (χ3v) is 5.08. The zero-order chi connectivity index (χ0) is 15.5. The van der Waals surface area contributed by atoms with E-state index in [1.165, 1.54) is 30.4 Å². The van der Waals surface area contributed by atoms with Crippen LogP contribution >= 0.6 is 0 Å². The van der Waals surface area contributed by atoms with Crippen molar-refractivity contribution < 1.29 is 9.53 Å². The van der Waals surface area contributed by atoms with Crippen LogP contribution in [0.4, 0.5) is 0 Å². The summed E-state index contributed by atoms with van der Waals surface area (Å²) in [6.45, 7) is 5.88. The van der Waals surface area contributed by atoms with Crippen LogP contribution in [-0.4, -0.2) is 30.0 Å². The average Bonchev–Trinajstić information content (AvgIpc) is 2.55. The van der Waals surface area contributed by atoms with Crippen molar-refractivity contribution in [2.24, 2.45) is 5.92 Å². The monoisotopic (exact) mass is 301 g/mol. The fraction of sp³-hybridized carbons (Fsp3) is 0.632. The first-order valence-electron chi connectivity index (χ1n) is 8.71. The molecule has 3 nitrogen and oxygen atoms in total. The Labute approximate surface area is 133 Å². The van der Waals surface area contributed by atoms with E-state index >= 15 is 0 Å². The summed E-state index contributed by atoms with van der Waals surface area (Å²) in [7, 11) is 0. The number of piperidine rings is 1. The molecule has 0 bridgehead atoms. The molecule has 0 N–H and O–H groups in total. The van der Waals surface area contributed by atoms with Crippen LogP contribution in [0, 0.1) is 5.92 Å². The van der Waals surface area contributed by atoms with E-state index in [1.54, 1.807) is 0 Å². The molecule has 1 saturated heterocycles. The maximum atomic E-state index is 12.5. The lowest BCUT2D eigenvalue weighted by molar-refractivity contribution is -0.139. The first-order chi connectivity index (χ1) is 10.6. The Kier molecular flexibility index (Phi) is 4.70. The minimum absolute atomic E-state index is 0.129. The number of benzene rings is 1. The number of rotatable bonds is 3. The topological polar surface area (TPSA) is 29.5 Å². The van der Waals surface area contributed by atoms with E-state index in [0.29, 0.717) is 0 Å². The molecule has 0 aromatic heterocycles. The fourth-order valence-corrected chi connectivity index (χ4v) is 3.52. The van der Waals surface area contributed by atoms with Crippen molar-refractivity contribution in [1.82, 2.24) is 4.90 Å². The first kappa shape index (κ1) is 15.4. The molecule has 1 aromatic rings. The summed E-state index contributed by atoms with van der Waals surface area (Å²) in [4.78, 5) is 14.5. The predicted molar refractivity (Wildman–Crippen MR) is 88.2 cm³/mol. The predicted octanol–water partition coefficient (Wildman–Crippen LogP) is 3.59. The van der Waals surface area contributed by atoms with E-state index in [1.807, 2.05) is 17.9 Å². The molecule has 3 heteroatoms. The smallest absolute Gasteiger partial charge is 0.263 e. The molecular weight excluding hydrogens is 274 g/mol. The van der Waals surface area contributed by atoms with Gasteiger partial charge in [0, 0.05) is 13.1 Å². The summed E-state index contributed by atoms with van der Waals surface area (Å²) in [5.74, 6) is 1.71. The number of hydrogen-bond donors (Lipinski definition) is 0. The van der Waals surface area contributed by atoms with Gasteiger partial charge in [-0.05, 0) is 74.6 Å².